The van der Waals surface area contributed by atoms with Gasteiger partial charge < -0.3 is 9.13 Å². The molecule has 0 atom stereocenters. The topological polar surface area (TPSA) is 97.1 Å². The molecule has 6 heterocycles. The lowest BCUT2D eigenvalue weighted by molar-refractivity contribution is 0.939. The molecule has 0 saturated heterocycles. The van der Waals surface area contributed by atoms with Crippen molar-refractivity contribution in [2.45, 2.75) is 0 Å². The molecule has 0 fully saturated rings. The number of aromatic nitrogens is 10. The second kappa shape index (κ2) is 15.7. The molecular formula is C62H38N10. The fourth-order valence-electron chi connectivity index (χ4n) is 11.3. The Morgan fingerprint density at radius 1 is 0.250 bits per heavy atom. The zero-order valence-electron chi connectivity index (χ0n) is 38.4. The van der Waals surface area contributed by atoms with Crippen LogP contribution in [0.4, 0.5) is 0 Å². The predicted molar refractivity (Wildman–Crippen MR) is 292 cm³/mol. The molecule has 10 nitrogen and oxygen atoms in total. The lowest BCUT2D eigenvalue weighted by Gasteiger charge is -2.11. The van der Waals surface area contributed by atoms with E-state index in [9.17, 15) is 0 Å². The SMILES string of the molecule is c1ccc(-n2c3ccccc3c3cc4c(cc32)c2cc3ccccc3cc2n4-c2ncncn2)cc1.c1ccc(-n2c3ccccc3c3ccc4c5c6ccccc6ccc5n(-c5ncncn5)c4c32)cc1. The van der Waals surface area contributed by atoms with Crippen molar-refractivity contribution in [2.75, 3.05) is 0 Å². The van der Waals surface area contributed by atoms with Crippen LogP contribution in [0.5, 0.6) is 0 Å². The molecule has 0 radical (unpaired) electrons. The Labute approximate surface area is 410 Å². The van der Waals surface area contributed by atoms with Gasteiger partial charge in [-0.3, -0.25) is 9.13 Å². The highest BCUT2D eigenvalue weighted by atomic mass is 15.2. The first-order valence-electron chi connectivity index (χ1n) is 23.9. The molecule has 0 unspecified atom stereocenters. The van der Waals surface area contributed by atoms with Crippen molar-refractivity contribution in [1.82, 2.24) is 48.2 Å². The summed E-state index contributed by atoms with van der Waals surface area (Å²) < 4.78 is 9.08. The summed E-state index contributed by atoms with van der Waals surface area (Å²) in [6, 6.07) is 73.4. The van der Waals surface area contributed by atoms with E-state index < -0.39 is 0 Å². The summed E-state index contributed by atoms with van der Waals surface area (Å²) in [5.41, 5.74) is 11.3. The van der Waals surface area contributed by atoms with Crippen LogP contribution in [-0.2, 0) is 0 Å². The van der Waals surface area contributed by atoms with Crippen molar-refractivity contribution in [3.63, 3.8) is 0 Å². The summed E-state index contributed by atoms with van der Waals surface area (Å²) in [6.07, 6.45) is 6.24. The average Bonchev–Trinajstić information content (AvgIpc) is 4.17. The third kappa shape index (κ3) is 5.90. The fourth-order valence-corrected chi connectivity index (χ4v) is 11.3. The van der Waals surface area contributed by atoms with Gasteiger partial charge in [-0.25, -0.2) is 29.9 Å². The van der Waals surface area contributed by atoms with Crippen molar-refractivity contribution >= 4 is 109 Å². The Hall–Kier alpha value is -10.1. The lowest BCUT2D eigenvalue weighted by atomic mass is 10.0. The molecule has 336 valence electrons. The lowest BCUT2D eigenvalue weighted by Crippen LogP contribution is -2.02. The first-order chi connectivity index (χ1) is 35.8. The van der Waals surface area contributed by atoms with Gasteiger partial charge in [-0.05, 0) is 88.3 Å². The summed E-state index contributed by atoms with van der Waals surface area (Å²) in [5.74, 6) is 1.23. The van der Waals surface area contributed by atoms with Crippen LogP contribution < -0.4 is 0 Å². The first-order valence-corrected chi connectivity index (χ1v) is 23.9. The van der Waals surface area contributed by atoms with E-state index in [4.69, 9.17) is 0 Å². The number of hydrogen-bond acceptors (Lipinski definition) is 6. The quantitative estimate of drug-likeness (QED) is 0.174. The maximum absolute atomic E-state index is 4.60. The van der Waals surface area contributed by atoms with Gasteiger partial charge in [0.2, 0.25) is 11.9 Å². The molecule has 16 aromatic rings. The van der Waals surface area contributed by atoms with E-state index in [0.29, 0.717) is 11.9 Å². The number of para-hydroxylation sites is 4. The van der Waals surface area contributed by atoms with Crippen molar-refractivity contribution < 1.29 is 0 Å². The Kier molecular flexibility index (Phi) is 8.72. The van der Waals surface area contributed by atoms with Crippen molar-refractivity contribution in [3.8, 4) is 23.3 Å². The number of nitrogens with zero attached hydrogens (tertiary/aromatic N) is 10. The molecule has 0 aliphatic rings. The number of hydrogen-bond donors (Lipinski definition) is 0. The molecule has 0 saturated carbocycles. The van der Waals surface area contributed by atoms with Crippen LogP contribution in [-0.4, -0.2) is 48.2 Å². The third-order valence-electron chi connectivity index (χ3n) is 14.3. The van der Waals surface area contributed by atoms with E-state index in [1.165, 1.54) is 81.2 Å². The van der Waals surface area contributed by atoms with Gasteiger partial charge >= 0.3 is 0 Å². The molecule has 6 aromatic heterocycles. The fraction of sp³-hybridized carbons (Fsp3) is 0. The molecule has 16 rings (SSSR count). The van der Waals surface area contributed by atoms with Gasteiger partial charge in [0.25, 0.3) is 0 Å². The summed E-state index contributed by atoms with van der Waals surface area (Å²) >= 11 is 0. The van der Waals surface area contributed by atoms with Gasteiger partial charge in [0.1, 0.15) is 25.3 Å². The molecule has 10 heteroatoms. The summed E-state index contributed by atoms with van der Waals surface area (Å²) in [7, 11) is 0. The minimum Gasteiger partial charge on any atom is -0.309 e. The van der Waals surface area contributed by atoms with Crippen LogP contribution >= 0.6 is 0 Å². The minimum absolute atomic E-state index is 0.609. The Balaban J connectivity index is 0.000000128. The van der Waals surface area contributed by atoms with Crippen LogP contribution in [0.2, 0.25) is 0 Å². The smallest absolute Gasteiger partial charge is 0.237 e. The van der Waals surface area contributed by atoms with Gasteiger partial charge in [0, 0.05) is 54.5 Å². The summed E-state index contributed by atoms with van der Waals surface area (Å²) in [6.45, 7) is 0. The molecular weight excluding hydrogens is 885 g/mol. The number of rotatable bonds is 4. The van der Waals surface area contributed by atoms with Crippen LogP contribution in [0.3, 0.4) is 0 Å². The molecule has 0 aliphatic heterocycles. The van der Waals surface area contributed by atoms with Crippen molar-refractivity contribution in [3.05, 3.63) is 232 Å². The van der Waals surface area contributed by atoms with Crippen LogP contribution in [0, 0.1) is 0 Å². The summed E-state index contributed by atoms with van der Waals surface area (Å²) in [4.78, 5) is 26.4. The van der Waals surface area contributed by atoms with E-state index in [0.717, 1.165) is 39.0 Å². The first kappa shape index (κ1) is 39.9. The Bertz CT molecular complexity index is 4780. The average molecular weight is 923 g/mol. The largest absolute Gasteiger partial charge is 0.309 e. The summed E-state index contributed by atoms with van der Waals surface area (Å²) in [5, 5.41) is 14.4. The van der Waals surface area contributed by atoms with Crippen LogP contribution in [0.1, 0.15) is 0 Å². The van der Waals surface area contributed by atoms with E-state index in [1.807, 2.05) is 0 Å². The van der Waals surface area contributed by atoms with Crippen molar-refractivity contribution in [1.29, 1.82) is 0 Å². The van der Waals surface area contributed by atoms with E-state index in [2.05, 4.69) is 254 Å². The third-order valence-corrected chi connectivity index (χ3v) is 14.3. The number of benzene rings is 10. The highest BCUT2D eigenvalue weighted by Gasteiger charge is 2.24. The van der Waals surface area contributed by atoms with E-state index in [-0.39, 0.29) is 0 Å². The molecule has 0 aliphatic carbocycles. The second-order valence-electron chi connectivity index (χ2n) is 18.1. The highest BCUT2D eigenvalue weighted by Crippen LogP contribution is 2.44. The Morgan fingerprint density at radius 3 is 1.39 bits per heavy atom. The van der Waals surface area contributed by atoms with Gasteiger partial charge in [-0.2, -0.15) is 0 Å². The molecule has 0 spiro atoms. The molecule has 0 bridgehead atoms. The zero-order valence-corrected chi connectivity index (χ0v) is 38.4. The normalized spacial score (nSPS) is 11.9. The monoisotopic (exact) mass is 922 g/mol. The van der Waals surface area contributed by atoms with Crippen LogP contribution in [0.25, 0.3) is 132 Å². The zero-order chi connectivity index (χ0) is 47.3. The van der Waals surface area contributed by atoms with Gasteiger partial charge in [0.05, 0.1) is 44.1 Å². The van der Waals surface area contributed by atoms with Crippen LogP contribution in [0.15, 0.2) is 232 Å². The standard InChI is InChI=1S/2C31H19N5/c1-2-10-22(11-3-1)35-27-13-7-6-12-23(27)25-16-30-26(17-29(25)35)24-14-20-8-4-5-9-21(20)15-28(24)36(30)31-33-18-32-19-34-31;1-2-9-21(10-3-1)35-26-13-7-6-12-23(26)24-15-16-25-28-22-11-5-4-8-20(22)14-17-27(28)36(30(25)29(24)35)31-33-18-32-19-34-31/h2*1-19H. The molecule has 10 aromatic carbocycles. The van der Waals surface area contributed by atoms with Crippen molar-refractivity contribution in [2.24, 2.45) is 0 Å². The highest BCUT2D eigenvalue weighted by molar-refractivity contribution is 6.28. The van der Waals surface area contributed by atoms with E-state index in [1.54, 1.807) is 25.3 Å². The van der Waals surface area contributed by atoms with Gasteiger partial charge in [-0.1, -0.05) is 140 Å². The number of fused-ring (bicyclic) bond motifs is 16. The van der Waals surface area contributed by atoms with Gasteiger partial charge in [-0.15, -0.1) is 0 Å². The Morgan fingerprint density at radius 2 is 0.708 bits per heavy atom. The maximum Gasteiger partial charge on any atom is 0.237 e. The second-order valence-corrected chi connectivity index (χ2v) is 18.1. The van der Waals surface area contributed by atoms with Gasteiger partial charge in [0.15, 0.2) is 0 Å². The van der Waals surface area contributed by atoms with E-state index >= 15 is 0 Å². The molecule has 72 heavy (non-hydrogen) atoms. The minimum atomic E-state index is 0.609. The molecule has 0 amide bonds. The molecule has 0 N–H and O–H groups in total. The predicted octanol–water partition coefficient (Wildman–Crippen LogP) is 14.4. The maximum atomic E-state index is 4.60.